The zero-order valence-electron chi connectivity index (χ0n) is 11.1. The fraction of sp³-hybridized carbons (Fsp3) is 0.583. The molecule has 1 aromatic rings. The number of hydrogen-bond acceptors (Lipinski definition) is 5. The number of hydrogen-bond donors (Lipinski definition) is 1. The molecule has 8 heteroatoms. The largest absolute Gasteiger partial charge is 0.463 e. The number of halogens is 1. The summed E-state index contributed by atoms with van der Waals surface area (Å²) >= 11 is 4.95. The van der Waals surface area contributed by atoms with Gasteiger partial charge in [-0.25, -0.2) is 9.18 Å². The quantitative estimate of drug-likeness (QED) is 0.675. The molecule has 1 aliphatic heterocycles. The molecule has 110 valence electrons. The van der Waals surface area contributed by atoms with Crippen LogP contribution in [0.15, 0.2) is 11.0 Å². The number of alkyl halides is 1. The van der Waals surface area contributed by atoms with Crippen LogP contribution in [0.25, 0.3) is 0 Å². The Morgan fingerprint density at radius 2 is 2.40 bits per heavy atom. The lowest BCUT2D eigenvalue weighted by atomic mass is 10.2. The smallest absolute Gasteiger partial charge is 0.328 e. The predicted octanol–water partition coefficient (Wildman–Crippen LogP) is 1.40. The maximum atomic E-state index is 13.8. The van der Waals surface area contributed by atoms with Crippen LogP contribution in [0.4, 0.5) is 4.39 Å². The van der Waals surface area contributed by atoms with Crippen molar-refractivity contribution in [2.45, 2.75) is 38.8 Å². The molecule has 0 unspecified atom stereocenters. The molecule has 1 fully saturated rings. The highest BCUT2D eigenvalue weighted by molar-refractivity contribution is 7.71. The minimum absolute atomic E-state index is 0.0237. The van der Waals surface area contributed by atoms with Gasteiger partial charge in [-0.2, -0.15) is 0 Å². The van der Waals surface area contributed by atoms with Gasteiger partial charge in [0.1, 0.15) is 29.8 Å². The van der Waals surface area contributed by atoms with Gasteiger partial charge in [-0.3, -0.25) is 14.3 Å². The molecule has 1 aliphatic rings. The molecule has 2 rings (SSSR count). The second-order valence-electron chi connectivity index (χ2n) is 4.66. The van der Waals surface area contributed by atoms with Gasteiger partial charge >= 0.3 is 11.7 Å². The predicted molar refractivity (Wildman–Crippen MR) is 70.7 cm³/mol. The topological polar surface area (TPSA) is 73.3 Å². The lowest BCUT2D eigenvalue weighted by Gasteiger charge is -2.15. The van der Waals surface area contributed by atoms with Crippen molar-refractivity contribution in [2.75, 3.05) is 6.61 Å². The van der Waals surface area contributed by atoms with Crippen LogP contribution >= 0.6 is 12.2 Å². The van der Waals surface area contributed by atoms with Crippen molar-refractivity contribution in [1.29, 1.82) is 0 Å². The molecule has 1 aromatic heterocycles. The summed E-state index contributed by atoms with van der Waals surface area (Å²) in [5.74, 6) is -0.499. The minimum Gasteiger partial charge on any atom is -0.463 e. The molecule has 0 saturated carbocycles. The van der Waals surface area contributed by atoms with Gasteiger partial charge < -0.3 is 9.47 Å². The monoisotopic (exact) mass is 302 g/mol. The fourth-order valence-electron chi connectivity index (χ4n) is 2.01. The van der Waals surface area contributed by atoms with E-state index in [-0.39, 0.29) is 13.0 Å². The molecule has 0 spiro atoms. The third kappa shape index (κ3) is 3.13. The standard InChI is InChI=1S/C12H15FN2O4S/c1-6-4-15(12(17)14-11(6)20)10-3-8(13)9(19-10)5-18-7(2)16/h4,8-10H,3,5H2,1-2H3,(H,14,17,20)/t8-,9+,10+/m0/s1. The van der Waals surface area contributed by atoms with Gasteiger partial charge in [0.15, 0.2) is 0 Å². The van der Waals surface area contributed by atoms with Crippen molar-refractivity contribution < 1.29 is 18.7 Å². The normalized spacial score (nSPS) is 25.6. The molecule has 1 N–H and O–H groups in total. The summed E-state index contributed by atoms with van der Waals surface area (Å²) in [6, 6.07) is 0. The Morgan fingerprint density at radius 3 is 3.05 bits per heavy atom. The Hall–Kier alpha value is -1.54. The summed E-state index contributed by atoms with van der Waals surface area (Å²) in [5, 5.41) is 0. The van der Waals surface area contributed by atoms with Gasteiger partial charge in [0.05, 0.1) is 0 Å². The fourth-order valence-corrected chi connectivity index (χ4v) is 2.15. The SMILES string of the molecule is CC(=O)OC[C@H]1O[C@@H](n2cc(C)c(=S)[nH]c2=O)C[C@@H]1F. The molecule has 6 nitrogen and oxygen atoms in total. The van der Waals surface area contributed by atoms with Crippen molar-refractivity contribution in [3.05, 3.63) is 26.9 Å². The number of nitrogens with zero attached hydrogens (tertiary/aromatic N) is 1. The molecule has 0 radical (unpaired) electrons. The molecule has 0 bridgehead atoms. The van der Waals surface area contributed by atoms with Gasteiger partial charge in [-0.15, -0.1) is 0 Å². The van der Waals surface area contributed by atoms with Crippen molar-refractivity contribution in [1.82, 2.24) is 9.55 Å². The Bertz CT molecular complexity index is 627. The summed E-state index contributed by atoms with van der Waals surface area (Å²) in [6.45, 7) is 2.82. The molecule has 3 atom stereocenters. The van der Waals surface area contributed by atoms with E-state index in [1.165, 1.54) is 17.7 Å². The Kier molecular flexibility index (Phi) is 4.34. The highest BCUT2D eigenvalue weighted by atomic mass is 32.1. The molecule has 0 aromatic carbocycles. The average molecular weight is 302 g/mol. The number of ether oxygens (including phenoxy) is 2. The Labute approximate surface area is 119 Å². The second-order valence-corrected chi connectivity index (χ2v) is 5.07. The van der Waals surface area contributed by atoms with E-state index in [4.69, 9.17) is 21.7 Å². The Morgan fingerprint density at radius 1 is 1.70 bits per heavy atom. The molecule has 20 heavy (non-hydrogen) atoms. The average Bonchev–Trinajstić information content (AvgIpc) is 2.72. The van der Waals surface area contributed by atoms with Crippen LogP contribution in [0.1, 0.15) is 25.1 Å². The summed E-state index contributed by atoms with van der Waals surface area (Å²) in [4.78, 5) is 25.0. The third-order valence-electron chi connectivity index (χ3n) is 3.07. The number of H-pyrrole nitrogens is 1. The molecule has 0 aliphatic carbocycles. The van der Waals surface area contributed by atoms with E-state index < -0.39 is 30.2 Å². The zero-order chi connectivity index (χ0) is 14.9. The molecular formula is C12H15FN2O4S. The second kappa shape index (κ2) is 5.84. The van der Waals surface area contributed by atoms with E-state index in [0.717, 1.165) is 0 Å². The maximum absolute atomic E-state index is 13.8. The lowest BCUT2D eigenvalue weighted by molar-refractivity contribution is -0.146. The van der Waals surface area contributed by atoms with Gasteiger partial charge in [0, 0.05) is 25.1 Å². The van der Waals surface area contributed by atoms with Crippen molar-refractivity contribution in [2.24, 2.45) is 0 Å². The van der Waals surface area contributed by atoms with Gasteiger partial charge in [-0.1, -0.05) is 12.2 Å². The van der Waals surface area contributed by atoms with Crippen LogP contribution < -0.4 is 5.69 Å². The third-order valence-corrected chi connectivity index (χ3v) is 3.49. The van der Waals surface area contributed by atoms with Crippen LogP contribution in [-0.4, -0.2) is 34.4 Å². The number of carbonyl (C=O) groups is 1. The van der Waals surface area contributed by atoms with Crippen LogP contribution in [0.3, 0.4) is 0 Å². The minimum atomic E-state index is -1.30. The number of aromatic amines is 1. The number of aromatic nitrogens is 2. The van der Waals surface area contributed by atoms with Crippen LogP contribution in [0.5, 0.6) is 0 Å². The molecule has 2 heterocycles. The Balaban J connectivity index is 2.16. The number of nitrogens with one attached hydrogen (secondary N) is 1. The number of rotatable bonds is 3. The summed E-state index contributed by atoms with van der Waals surface area (Å²) in [5.41, 5.74) is 0.244. The lowest BCUT2D eigenvalue weighted by Crippen LogP contribution is -2.28. The number of aryl methyl sites for hydroxylation is 1. The van der Waals surface area contributed by atoms with E-state index in [0.29, 0.717) is 10.2 Å². The van der Waals surface area contributed by atoms with E-state index in [1.54, 1.807) is 6.92 Å². The maximum Gasteiger partial charge on any atom is 0.328 e. The summed E-state index contributed by atoms with van der Waals surface area (Å²) in [6.07, 6.45) is -1.33. The summed E-state index contributed by atoms with van der Waals surface area (Å²) in [7, 11) is 0. The first-order chi connectivity index (χ1) is 9.38. The number of esters is 1. The first-order valence-electron chi connectivity index (χ1n) is 6.13. The van der Waals surface area contributed by atoms with Gasteiger partial charge in [0.25, 0.3) is 0 Å². The van der Waals surface area contributed by atoms with Crippen LogP contribution in [0, 0.1) is 11.6 Å². The van der Waals surface area contributed by atoms with Crippen molar-refractivity contribution in [3.63, 3.8) is 0 Å². The molecular weight excluding hydrogens is 287 g/mol. The first kappa shape index (κ1) is 14.9. The van der Waals surface area contributed by atoms with Gasteiger partial charge in [-0.05, 0) is 6.92 Å². The van der Waals surface area contributed by atoms with Crippen LogP contribution in [0.2, 0.25) is 0 Å². The highest BCUT2D eigenvalue weighted by Gasteiger charge is 2.37. The van der Waals surface area contributed by atoms with Gasteiger partial charge in [0.2, 0.25) is 0 Å². The van der Waals surface area contributed by atoms with E-state index in [1.807, 2.05) is 0 Å². The zero-order valence-corrected chi connectivity index (χ0v) is 11.9. The summed E-state index contributed by atoms with van der Waals surface area (Å²) < 4.78 is 25.6. The molecule has 0 amide bonds. The number of carbonyl (C=O) groups excluding carboxylic acids is 1. The van der Waals surface area contributed by atoms with Crippen LogP contribution in [-0.2, 0) is 14.3 Å². The van der Waals surface area contributed by atoms with E-state index in [2.05, 4.69) is 4.98 Å². The van der Waals surface area contributed by atoms with Crippen molar-refractivity contribution >= 4 is 18.2 Å². The van der Waals surface area contributed by atoms with Crippen molar-refractivity contribution in [3.8, 4) is 0 Å². The van der Waals surface area contributed by atoms with E-state index in [9.17, 15) is 14.0 Å². The molecule has 1 saturated heterocycles. The first-order valence-corrected chi connectivity index (χ1v) is 6.54. The highest BCUT2D eigenvalue weighted by Crippen LogP contribution is 2.30. The van der Waals surface area contributed by atoms with E-state index >= 15 is 0 Å².